The number of pyridine rings is 1. The fraction of sp³-hybridized carbons (Fsp3) is 0.323. The molecule has 2 fully saturated rings. The summed E-state index contributed by atoms with van der Waals surface area (Å²) < 4.78 is 5.91. The van der Waals surface area contributed by atoms with Crippen LogP contribution in [0.25, 0.3) is 27.7 Å². The van der Waals surface area contributed by atoms with E-state index in [0.717, 1.165) is 84.2 Å². The van der Waals surface area contributed by atoms with Gasteiger partial charge < -0.3 is 14.5 Å². The van der Waals surface area contributed by atoms with Crippen LogP contribution < -0.4 is 4.90 Å². The Balaban J connectivity index is 1.14. The van der Waals surface area contributed by atoms with Gasteiger partial charge >= 0.3 is 5.97 Å². The van der Waals surface area contributed by atoms with E-state index in [9.17, 15) is 9.90 Å². The van der Waals surface area contributed by atoms with Crippen molar-refractivity contribution in [2.45, 2.75) is 44.9 Å². The Bertz CT molecular complexity index is 1660. The number of carbonyl (C=O) groups is 1. The van der Waals surface area contributed by atoms with Gasteiger partial charge in [0.15, 0.2) is 0 Å². The van der Waals surface area contributed by atoms with Crippen molar-refractivity contribution in [3.63, 3.8) is 0 Å². The molecule has 39 heavy (non-hydrogen) atoms. The summed E-state index contributed by atoms with van der Waals surface area (Å²) in [6.07, 6.45) is 9.26. The number of hydrogen-bond acceptors (Lipinski definition) is 5. The summed E-state index contributed by atoms with van der Waals surface area (Å²) in [6.45, 7) is 3.97. The number of aromatic nitrogens is 2. The van der Waals surface area contributed by atoms with Crippen LogP contribution in [0, 0.1) is 12.3 Å². The van der Waals surface area contributed by atoms with Crippen molar-refractivity contribution in [3.8, 4) is 11.3 Å². The summed E-state index contributed by atoms with van der Waals surface area (Å²) in [7, 11) is 0. The van der Waals surface area contributed by atoms with Crippen LogP contribution in [-0.2, 0) is 0 Å². The summed E-state index contributed by atoms with van der Waals surface area (Å²) >= 11 is 13.1. The number of carboxylic acids is 1. The second kappa shape index (κ2) is 9.10. The van der Waals surface area contributed by atoms with Gasteiger partial charge in [0.1, 0.15) is 11.5 Å². The lowest BCUT2D eigenvalue weighted by atomic mass is 9.63. The monoisotopic (exact) mass is 559 g/mol. The second-order valence-electron chi connectivity index (χ2n) is 11.1. The molecule has 2 aromatic heterocycles. The van der Waals surface area contributed by atoms with Crippen molar-refractivity contribution < 1.29 is 14.4 Å². The molecule has 4 aromatic rings. The number of nitrogens with zero attached hydrogens (tertiary/aromatic N) is 3. The third-order valence-corrected chi connectivity index (χ3v) is 9.26. The van der Waals surface area contributed by atoms with E-state index in [-0.39, 0.29) is 11.0 Å². The third kappa shape index (κ3) is 4.12. The third-order valence-electron chi connectivity index (χ3n) is 8.63. The van der Waals surface area contributed by atoms with E-state index in [2.05, 4.69) is 34.1 Å². The van der Waals surface area contributed by atoms with Crippen LogP contribution >= 0.6 is 23.2 Å². The van der Waals surface area contributed by atoms with E-state index < -0.39 is 5.97 Å². The molecule has 0 unspecified atom stereocenters. The second-order valence-corrected chi connectivity index (χ2v) is 12.0. The number of anilines is 1. The van der Waals surface area contributed by atoms with Gasteiger partial charge in [-0.05, 0) is 79.8 Å². The van der Waals surface area contributed by atoms with E-state index in [1.165, 1.54) is 17.5 Å². The average molecular weight is 560 g/mol. The highest BCUT2D eigenvalue weighted by Crippen LogP contribution is 2.56. The summed E-state index contributed by atoms with van der Waals surface area (Å²) in [5, 5.41) is 15.8. The molecule has 1 spiro atoms. The molecule has 198 valence electrons. The minimum atomic E-state index is -0.960. The van der Waals surface area contributed by atoms with Gasteiger partial charge in [-0.2, -0.15) is 0 Å². The van der Waals surface area contributed by atoms with E-state index >= 15 is 0 Å². The Hall–Kier alpha value is -3.35. The van der Waals surface area contributed by atoms with Crippen LogP contribution in [0.4, 0.5) is 5.69 Å². The van der Waals surface area contributed by atoms with Crippen molar-refractivity contribution in [1.29, 1.82) is 0 Å². The summed E-state index contributed by atoms with van der Waals surface area (Å²) in [6, 6.07) is 11.3. The van der Waals surface area contributed by atoms with E-state index in [1.807, 2.05) is 24.3 Å². The van der Waals surface area contributed by atoms with Gasteiger partial charge in [-0.25, -0.2) is 4.79 Å². The van der Waals surface area contributed by atoms with Gasteiger partial charge in [-0.3, -0.25) is 4.98 Å². The molecule has 1 aliphatic heterocycles. The number of fused-ring (bicyclic) bond motifs is 1. The normalized spacial score (nSPS) is 18.3. The lowest BCUT2D eigenvalue weighted by molar-refractivity contribution is 0.0696. The number of hydrogen-bond donors (Lipinski definition) is 1. The predicted octanol–water partition coefficient (Wildman–Crippen LogP) is 8.15. The molecule has 8 heteroatoms. The summed E-state index contributed by atoms with van der Waals surface area (Å²) in [5.74, 6) is 0.445. The Morgan fingerprint density at radius 3 is 2.49 bits per heavy atom. The average Bonchev–Trinajstić information content (AvgIpc) is 3.67. The Kier molecular flexibility index (Phi) is 5.76. The van der Waals surface area contributed by atoms with Gasteiger partial charge in [0.2, 0.25) is 0 Å². The first-order valence-electron chi connectivity index (χ1n) is 13.4. The Labute approximate surface area is 236 Å². The van der Waals surface area contributed by atoms with Crippen LogP contribution in [0.1, 0.15) is 65.3 Å². The quantitative estimate of drug-likeness (QED) is 0.265. The zero-order valence-corrected chi connectivity index (χ0v) is 23.0. The molecule has 3 heterocycles. The number of rotatable bonds is 5. The highest BCUT2D eigenvalue weighted by atomic mass is 35.5. The molecule has 0 atom stereocenters. The fourth-order valence-electron chi connectivity index (χ4n) is 6.32. The maximum atomic E-state index is 11.3. The first-order chi connectivity index (χ1) is 18.8. The van der Waals surface area contributed by atoms with Crippen LogP contribution in [0.5, 0.6) is 0 Å². The van der Waals surface area contributed by atoms with Gasteiger partial charge in [0.05, 0.1) is 21.1 Å². The van der Waals surface area contributed by atoms with Crippen LogP contribution in [0.15, 0.2) is 53.2 Å². The fourth-order valence-corrected chi connectivity index (χ4v) is 6.90. The minimum absolute atomic E-state index is 0.171. The summed E-state index contributed by atoms with van der Waals surface area (Å²) in [5.41, 5.74) is 7.39. The lowest BCUT2D eigenvalue weighted by Gasteiger charge is -2.47. The molecule has 0 amide bonds. The smallest absolute Gasteiger partial charge is 0.337 e. The summed E-state index contributed by atoms with van der Waals surface area (Å²) in [4.78, 5) is 18.2. The SMILES string of the molecule is Cc1c(N2CCC3(C=C(c4c(-c5c(Cl)cccc5Cl)noc4C4CC4)C3)CC2)ccc2cc(C(=O)O)cnc12. The number of piperidine rings is 1. The van der Waals surface area contributed by atoms with Crippen LogP contribution in [0.2, 0.25) is 10.0 Å². The van der Waals surface area contributed by atoms with Crippen LogP contribution in [0.3, 0.4) is 0 Å². The van der Waals surface area contributed by atoms with Gasteiger partial charge in [-0.15, -0.1) is 0 Å². The van der Waals surface area contributed by atoms with Crippen molar-refractivity contribution in [1.82, 2.24) is 10.1 Å². The molecule has 1 N–H and O–H groups in total. The standard InChI is InChI=1S/C31H27Cl2N3O3/c1-17-24(8-7-19-13-20(30(37)38)16-34-27(17)19)36-11-9-31(10-12-36)14-21(15-31)25-28(35-39-29(25)18-5-6-18)26-22(32)3-2-4-23(26)33/h2-4,7-8,13-14,16,18H,5-6,9-12,15H2,1H3,(H,37,38). The number of aromatic carboxylic acids is 1. The molecule has 3 aliphatic rings. The topological polar surface area (TPSA) is 79.5 Å². The van der Waals surface area contributed by atoms with Crippen molar-refractivity contribution in [3.05, 3.63) is 81.2 Å². The molecule has 1 saturated heterocycles. The first kappa shape index (κ1) is 24.7. The highest BCUT2D eigenvalue weighted by molar-refractivity contribution is 6.39. The first-order valence-corrected chi connectivity index (χ1v) is 14.1. The van der Waals surface area contributed by atoms with E-state index in [1.54, 1.807) is 6.07 Å². The van der Waals surface area contributed by atoms with Crippen molar-refractivity contribution in [2.75, 3.05) is 18.0 Å². The maximum Gasteiger partial charge on any atom is 0.337 e. The molecule has 0 bridgehead atoms. The number of halogens is 2. The minimum Gasteiger partial charge on any atom is -0.478 e. The number of aryl methyl sites for hydroxylation is 1. The lowest BCUT2D eigenvalue weighted by Crippen LogP contribution is -2.42. The molecule has 2 aliphatic carbocycles. The molecule has 7 rings (SSSR count). The predicted molar refractivity (Wildman–Crippen MR) is 154 cm³/mol. The number of carboxylic acid groups (broad SMARTS) is 1. The molecular formula is C31H27Cl2N3O3. The maximum absolute atomic E-state index is 11.3. The Morgan fingerprint density at radius 2 is 1.82 bits per heavy atom. The molecule has 2 aromatic carbocycles. The van der Waals surface area contributed by atoms with Crippen LogP contribution in [-0.4, -0.2) is 34.3 Å². The van der Waals surface area contributed by atoms with Gasteiger partial charge in [0.25, 0.3) is 0 Å². The highest BCUT2D eigenvalue weighted by Gasteiger charge is 2.44. The number of benzene rings is 2. The van der Waals surface area contributed by atoms with Crippen molar-refractivity contribution in [2.24, 2.45) is 5.41 Å². The zero-order valence-electron chi connectivity index (χ0n) is 21.5. The molecular weight excluding hydrogens is 533 g/mol. The zero-order chi connectivity index (χ0) is 26.9. The van der Waals surface area contributed by atoms with E-state index in [0.29, 0.717) is 16.0 Å². The van der Waals surface area contributed by atoms with Gasteiger partial charge in [-0.1, -0.05) is 46.6 Å². The largest absolute Gasteiger partial charge is 0.478 e. The van der Waals surface area contributed by atoms with Crippen molar-refractivity contribution >= 4 is 51.3 Å². The molecule has 1 saturated carbocycles. The van der Waals surface area contributed by atoms with E-state index in [4.69, 9.17) is 27.7 Å². The number of allylic oxidation sites excluding steroid dienone is 2. The molecule has 0 radical (unpaired) electrons. The Morgan fingerprint density at radius 1 is 1.10 bits per heavy atom. The molecule has 6 nitrogen and oxygen atoms in total. The van der Waals surface area contributed by atoms with Gasteiger partial charge in [0, 0.05) is 47.4 Å².